The minimum absolute atomic E-state index is 0.0106. The molecule has 0 radical (unpaired) electrons. The SMILES string of the molecule is CC[C@@H](C)NC(=O)COC(=O)/C(=C/c1ccco1)n1nnnc1-c1ccccc1. The fourth-order valence-electron chi connectivity index (χ4n) is 2.45. The van der Waals surface area contributed by atoms with E-state index in [1.54, 1.807) is 12.1 Å². The second kappa shape index (κ2) is 9.45. The van der Waals surface area contributed by atoms with E-state index >= 15 is 0 Å². The highest BCUT2D eigenvalue weighted by atomic mass is 16.5. The van der Waals surface area contributed by atoms with E-state index in [1.807, 2.05) is 44.2 Å². The van der Waals surface area contributed by atoms with Crippen LogP contribution in [0.1, 0.15) is 26.0 Å². The number of esters is 1. The van der Waals surface area contributed by atoms with E-state index in [1.165, 1.54) is 17.0 Å². The molecule has 9 heteroatoms. The maximum Gasteiger partial charge on any atom is 0.357 e. The fraction of sp³-hybridized carbons (Fsp3) is 0.250. The third kappa shape index (κ3) is 5.16. The molecule has 3 rings (SSSR count). The van der Waals surface area contributed by atoms with E-state index in [-0.39, 0.29) is 17.6 Å². The average Bonchev–Trinajstić information content (AvgIpc) is 3.42. The van der Waals surface area contributed by atoms with Crippen LogP contribution in [0.4, 0.5) is 0 Å². The van der Waals surface area contributed by atoms with Gasteiger partial charge in [0.05, 0.1) is 6.26 Å². The zero-order valence-corrected chi connectivity index (χ0v) is 16.1. The van der Waals surface area contributed by atoms with Gasteiger partial charge in [-0.05, 0) is 35.9 Å². The Morgan fingerprint density at radius 3 is 2.72 bits per heavy atom. The monoisotopic (exact) mass is 395 g/mol. The van der Waals surface area contributed by atoms with Crippen molar-refractivity contribution in [1.82, 2.24) is 25.5 Å². The normalized spacial score (nSPS) is 12.4. The number of benzene rings is 1. The largest absolute Gasteiger partial charge is 0.465 e. The number of nitrogens with one attached hydrogen (secondary N) is 1. The number of carbonyl (C=O) groups is 2. The molecule has 0 saturated heterocycles. The van der Waals surface area contributed by atoms with Gasteiger partial charge < -0.3 is 14.5 Å². The minimum Gasteiger partial charge on any atom is -0.465 e. The first-order valence-corrected chi connectivity index (χ1v) is 9.14. The first-order chi connectivity index (χ1) is 14.1. The molecule has 0 aliphatic carbocycles. The molecule has 0 saturated carbocycles. The molecule has 0 fully saturated rings. The molecule has 1 atom stereocenters. The molecule has 29 heavy (non-hydrogen) atoms. The Morgan fingerprint density at radius 1 is 1.24 bits per heavy atom. The standard InChI is InChI=1S/C20H21N5O4/c1-3-14(2)21-18(26)13-29-20(27)17(12-16-10-7-11-28-16)25-19(22-23-24-25)15-8-5-4-6-9-15/h4-12,14H,3,13H2,1-2H3,(H,21,26)/b17-12-/t14-/m1/s1. The second-order valence-corrected chi connectivity index (χ2v) is 6.28. The van der Waals surface area contributed by atoms with Crippen LogP contribution in [0, 0.1) is 0 Å². The summed E-state index contributed by atoms with van der Waals surface area (Å²) in [6.07, 6.45) is 3.71. The molecule has 1 N–H and O–H groups in total. The predicted molar refractivity (Wildman–Crippen MR) is 105 cm³/mol. The summed E-state index contributed by atoms with van der Waals surface area (Å²) in [6.45, 7) is 3.40. The van der Waals surface area contributed by atoms with E-state index in [9.17, 15) is 9.59 Å². The summed E-state index contributed by atoms with van der Waals surface area (Å²) < 4.78 is 11.8. The molecule has 0 aliphatic heterocycles. The van der Waals surface area contributed by atoms with Gasteiger partial charge in [0, 0.05) is 17.7 Å². The number of ether oxygens (including phenoxy) is 1. The van der Waals surface area contributed by atoms with E-state index in [2.05, 4.69) is 20.8 Å². The smallest absolute Gasteiger partial charge is 0.357 e. The molecule has 1 aromatic carbocycles. The van der Waals surface area contributed by atoms with Crippen LogP contribution in [0.25, 0.3) is 23.2 Å². The van der Waals surface area contributed by atoms with Crippen molar-refractivity contribution >= 4 is 23.6 Å². The van der Waals surface area contributed by atoms with Crippen LogP contribution in [0.15, 0.2) is 53.1 Å². The highest BCUT2D eigenvalue weighted by Gasteiger charge is 2.22. The Labute approximate surface area is 167 Å². The Morgan fingerprint density at radius 2 is 2.03 bits per heavy atom. The number of carbonyl (C=O) groups excluding carboxylic acids is 2. The Balaban J connectivity index is 1.87. The van der Waals surface area contributed by atoms with Crippen molar-refractivity contribution in [3.8, 4) is 11.4 Å². The van der Waals surface area contributed by atoms with Gasteiger partial charge in [0.1, 0.15) is 5.76 Å². The third-order valence-electron chi connectivity index (χ3n) is 4.12. The zero-order chi connectivity index (χ0) is 20.6. The van der Waals surface area contributed by atoms with Crippen molar-refractivity contribution in [2.24, 2.45) is 0 Å². The molecular formula is C20H21N5O4. The number of hydrogen-bond acceptors (Lipinski definition) is 7. The minimum atomic E-state index is -0.759. The van der Waals surface area contributed by atoms with Gasteiger partial charge in [0.2, 0.25) is 0 Å². The molecular weight excluding hydrogens is 374 g/mol. The lowest BCUT2D eigenvalue weighted by Crippen LogP contribution is -2.35. The summed E-state index contributed by atoms with van der Waals surface area (Å²) in [5.74, 6) is -0.379. The highest BCUT2D eigenvalue weighted by molar-refractivity contribution is 6.15. The predicted octanol–water partition coefficient (Wildman–Crippen LogP) is 2.39. The summed E-state index contributed by atoms with van der Waals surface area (Å²) in [5, 5.41) is 14.4. The van der Waals surface area contributed by atoms with Crippen molar-refractivity contribution in [2.75, 3.05) is 6.61 Å². The van der Waals surface area contributed by atoms with Crippen LogP contribution < -0.4 is 5.32 Å². The molecule has 0 spiro atoms. The van der Waals surface area contributed by atoms with Gasteiger partial charge >= 0.3 is 5.97 Å². The topological polar surface area (TPSA) is 112 Å². The summed E-state index contributed by atoms with van der Waals surface area (Å²) in [4.78, 5) is 24.7. The van der Waals surface area contributed by atoms with E-state index in [4.69, 9.17) is 9.15 Å². The first-order valence-electron chi connectivity index (χ1n) is 9.14. The summed E-state index contributed by atoms with van der Waals surface area (Å²) in [5.41, 5.74) is 0.727. The number of hydrogen-bond donors (Lipinski definition) is 1. The second-order valence-electron chi connectivity index (χ2n) is 6.28. The molecule has 2 heterocycles. The number of rotatable bonds is 8. The molecule has 3 aromatic rings. The van der Waals surface area contributed by atoms with Gasteiger partial charge in [0.15, 0.2) is 18.1 Å². The lowest BCUT2D eigenvalue weighted by molar-refractivity contribution is -0.143. The number of amides is 1. The quantitative estimate of drug-likeness (QED) is 0.460. The molecule has 9 nitrogen and oxygen atoms in total. The van der Waals surface area contributed by atoms with Gasteiger partial charge in [-0.1, -0.05) is 37.3 Å². The third-order valence-corrected chi connectivity index (χ3v) is 4.12. The van der Waals surface area contributed by atoms with Gasteiger partial charge in [-0.25, -0.2) is 4.79 Å². The first kappa shape index (κ1) is 20.0. The van der Waals surface area contributed by atoms with Gasteiger partial charge in [0.25, 0.3) is 5.91 Å². The lowest BCUT2D eigenvalue weighted by Gasteiger charge is -2.12. The van der Waals surface area contributed by atoms with Crippen LogP contribution in [0.5, 0.6) is 0 Å². The van der Waals surface area contributed by atoms with Crippen LogP contribution >= 0.6 is 0 Å². The maximum absolute atomic E-state index is 12.8. The Bertz CT molecular complexity index is 979. The number of aromatic nitrogens is 4. The van der Waals surface area contributed by atoms with Crippen molar-refractivity contribution in [1.29, 1.82) is 0 Å². The summed E-state index contributed by atoms with van der Waals surface area (Å²) in [6, 6.07) is 12.5. The maximum atomic E-state index is 12.8. The fourth-order valence-corrected chi connectivity index (χ4v) is 2.45. The lowest BCUT2D eigenvalue weighted by atomic mass is 10.2. The Hall–Kier alpha value is -3.75. The molecule has 150 valence electrons. The van der Waals surface area contributed by atoms with E-state index in [0.29, 0.717) is 17.1 Å². The van der Waals surface area contributed by atoms with E-state index < -0.39 is 12.6 Å². The van der Waals surface area contributed by atoms with Gasteiger partial charge in [-0.2, -0.15) is 4.68 Å². The Kier molecular flexibility index (Phi) is 6.51. The number of furan rings is 1. The molecule has 0 aliphatic rings. The van der Waals surface area contributed by atoms with Crippen LogP contribution in [0.3, 0.4) is 0 Å². The summed E-state index contributed by atoms with van der Waals surface area (Å²) >= 11 is 0. The number of nitrogens with zero attached hydrogens (tertiary/aromatic N) is 4. The highest BCUT2D eigenvalue weighted by Crippen LogP contribution is 2.21. The van der Waals surface area contributed by atoms with Crippen molar-refractivity contribution in [3.63, 3.8) is 0 Å². The van der Waals surface area contributed by atoms with E-state index in [0.717, 1.165) is 6.42 Å². The van der Waals surface area contributed by atoms with Crippen LogP contribution in [-0.2, 0) is 14.3 Å². The average molecular weight is 395 g/mol. The van der Waals surface area contributed by atoms with Crippen molar-refractivity contribution in [2.45, 2.75) is 26.3 Å². The number of tetrazole rings is 1. The molecule has 0 unspecified atom stereocenters. The molecule has 2 aromatic heterocycles. The van der Waals surface area contributed by atoms with Crippen molar-refractivity contribution in [3.05, 3.63) is 54.5 Å². The van der Waals surface area contributed by atoms with Crippen LogP contribution in [0.2, 0.25) is 0 Å². The van der Waals surface area contributed by atoms with Crippen molar-refractivity contribution < 1.29 is 18.7 Å². The molecule has 0 bridgehead atoms. The van der Waals surface area contributed by atoms with Gasteiger partial charge in [-0.3, -0.25) is 4.79 Å². The van der Waals surface area contributed by atoms with Crippen LogP contribution in [-0.4, -0.2) is 44.7 Å². The van der Waals surface area contributed by atoms with Gasteiger partial charge in [-0.15, -0.1) is 5.10 Å². The summed E-state index contributed by atoms with van der Waals surface area (Å²) in [7, 11) is 0. The molecule has 1 amide bonds. The zero-order valence-electron chi connectivity index (χ0n) is 16.1.